The molecule has 248 valence electrons. The molecule has 0 aliphatic carbocycles. The van der Waals surface area contributed by atoms with Crippen molar-refractivity contribution in [1.29, 1.82) is 0 Å². The zero-order valence-electron chi connectivity index (χ0n) is 27.6. The van der Waals surface area contributed by atoms with Gasteiger partial charge in [0.05, 0.1) is 25.4 Å². The molecule has 0 aromatic heterocycles. The second-order valence-electron chi connectivity index (χ2n) is 11.4. The molecule has 0 amide bonds. The Morgan fingerprint density at radius 2 is 1.43 bits per heavy atom. The van der Waals surface area contributed by atoms with Crippen molar-refractivity contribution in [3.05, 3.63) is 47.5 Å². The van der Waals surface area contributed by atoms with Crippen LogP contribution in [0.3, 0.4) is 0 Å². The Morgan fingerprint density at radius 3 is 2.07 bits per heavy atom. The zero-order valence-corrected chi connectivity index (χ0v) is 28.5. The lowest BCUT2D eigenvalue weighted by Gasteiger charge is -2.21. The van der Waals surface area contributed by atoms with Crippen LogP contribution in [-0.2, 0) is 43.9 Å². The lowest BCUT2D eigenvalue weighted by Crippen LogP contribution is -2.28. The maximum Gasteiger partial charge on any atom is 0.309 e. The van der Waals surface area contributed by atoms with Gasteiger partial charge in [0.1, 0.15) is 24.1 Å². The highest BCUT2D eigenvalue weighted by atomic mass is 32.2. The topological polar surface area (TPSA) is 105 Å². The number of thioether (sulfide) groups is 1. The SMILES string of the molecule is CCCC=CCC(CC(C)=O)OC(=O)CC(CCCC)OC(=O)CC(C)OC(=O)CC(CCSCc1ccc(C)cc1)OC. The molecule has 0 heterocycles. The summed E-state index contributed by atoms with van der Waals surface area (Å²) in [5.74, 6) is 0.198. The fourth-order valence-corrected chi connectivity index (χ4v) is 5.44. The van der Waals surface area contributed by atoms with E-state index in [0.29, 0.717) is 19.3 Å². The summed E-state index contributed by atoms with van der Waals surface area (Å²) in [4.78, 5) is 49.6. The summed E-state index contributed by atoms with van der Waals surface area (Å²) in [5, 5.41) is 0. The average molecular weight is 635 g/mol. The van der Waals surface area contributed by atoms with E-state index in [4.69, 9.17) is 18.9 Å². The van der Waals surface area contributed by atoms with Crippen molar-refractivity contribution in [2.24, 2.45) is 0 Å². The first-order valence-corrected chi connectivity index (χ1v) is 17.1. The minimum atomic E-state index is -0.683. The molecule has 44 heavy (non-hydrogen) atoms. The molecular weight excluding hydrogens is 580 g/mol. The number of ketones is 1. The Kier molecular flexibility index (Phi) is 21.2. The number of esters is 3. The Morgan fingerprint density at radius 1 is 0.795 bits per heavy atom. The van der Waals surface area contributed by atoms with E-state index >= 15 is 0 Å². The predicted octanol–water partition coefficient (Wildman–Crippen LogP) is 7.47. The van der Waals surface area contributed by atoms with Crippen LogP contribution in [0.5, 0.6) is 0 Å². The monoisotopic (exact) mass is 634 g/mol. The molecule has 0 spiro atoms. The zero-order chi connectivity index (χ0) is 32.7. The molecule has 4 atom stereocenters. The summed E-state index contributed by atoms with van der Waals surface area (Å²) < 4.78 is 22.2. The van der Waals surface area contributed by atoms with E-state index < -0.39 is 36.2 Å². The number of carbonyl (C=O) groups excluding carboxylic acids is 4. The number of ether oxygens (including phenoxy) is 4. The van der Waals surface area contributed by atoms with E-state index in [2.05, 4.69) is 38.1 Å². The van der Waals surface area contributed by atoms with Crippen molar-refractivity contribution in [3.8, 4) is 0 Å². The highest BCUT2D eigenvalue weighted by Crippen LogP contribution is 2.18. The molecule has 1 rings (SSSR count). The Hall–Kier alpha value is -2.65. The number of allylic oxidation sites excluding steroid dienone is 1. The van der Waals surface area contributed by atoms with Crippen molar-refractivity contribution < 1.29 is 38.1 Å². The molecule has 0 aliphatic rings. The highest BCUT2D eigenvalue weighted by Gasteiger charge is 2.24. The molecule has 0 aliphatic heterocycles. The fraction of sp³-hybridized carbons (Fsp3) is 0.657. The molecule has 0 saturated carbocycles. The van der Waals surface area contributed by atoms with Crippen molar-refractivity contribution >= 4 is 35.5 Å². The standard InChI is InChI=1S/C35H54O8S/c1-7-9-11-12-14-31(21-27(4)36)42-35(39)24-32(13-10-8-2)43-33(37)22-28(5)41-34(38)23-30(40-6)19-20-44-25-29-17-15-26(3)16-18-29/h11-12,15-18,28,30-32H,7-10,13-14,19-25H2,1-6H3. The van der Waals surface area contributed by atoms with Gasteiger partial charge in [0.15, 0.2) is 0 Å². The molecule has 0 N–H and O–H groups in total. The molecule has 0 saturated heterocycles. The van der Waals surface area contributed by atoms with Crippen molar-refractivity contribution in [2.45, 2.75) is 135 Å². The summed E-state index contributed by atoms with van der Waals surface area (Å²) in [6.07, 6.45) is 7.08. The maximum atomic E-state index is 12.7. The number of methoxy groups -OCH3 is 1. The van der Waals surface area contributed by atoms with Crippen LogP contribution in [0.2, 0.25) is 0 Å². The van der Waals surface area contributed by atoms with Crippen molar-refractivity contribution in [1.82, 2.24) is 0 Å². The molecule has 0 fully saturated rings. The fourth-order valence-electron chi connectivity index (χ4n) is 4.44. The Labute approximate surface area is 269 Å². The van der Waals surface area contributed by atoms with Crippen LogP contribution in [-0.4, -0.2) is 61.0 Å². The van der Waals surface area contributed by atoms with Crippen LogP contribution in [0.4, 0.5) is 0 Å². The van der Waals surface area contributed by atoms with Crippen LogP contribution in [0.25, 0.3) is 0 Å². The van der Waals surface area contributed by atoms with Gasteiger partial charge in [-0.25, -0.2) is 0 Å². The van der Waals surface area contributed by atoms with Crippen molar-refractivity contribution in [3.63, 3.8) is 0 Å². The molecule has 0 bridgehead atoms. The number of aryl methyl sites for hydroxylation is 1. The van der Waals surface area contributed by atoms with Gasteiger partial charge >= 0.3 is 17.9 Å². The van der Waals surface area contributed by atoms with Crippen LogP contribution in [0.1, 0.15) is 109 Å². The van der Waals surface area contributed by atoms with E-state index in [0.717, 1.165) is 37.2 Å². The number of hydrogen-bond acceptors (Lipinski definition) is 9. The molecule has 4 unspecified atom stereocenters. The number of carbonyl (C=O) groups is 4. The van der Waals surface area contributed by atoms with Gasteiger partial charge in [0.25, 0.3) is 0 Å². The molecule has 1 aromatic carbocycles. The summed E-state index contributed by atoms with van der Waals surface area (Å²) >= 11 is 1.79. The van der Waals surface area contributed by atoms with E-state index in [1.807, 2.05) is 19.1 Å². The van der Waals surface area contributed by atoms with Crippen LogP contribution in [0, 0.1) is 6.92 Å². The van der Waals surface area contributed by atoms with Crippen LogP contribution >= 0.6 is 11.8 Å². The largest absolute Gasteiger partial charge is 0.462 e. The second kappa shape index (κ2) is 23.7. The molecular formula is C35H54O8S. The molecule has 9 heteroatoms. The Bertz CT molecular complexity index is 1010. The number of unbranched alkanes of at least 4 members (excludes halogenated alkanes) is 2. The first-order chi connectivity index (χ1) is 21.1. The summed E-state index contributed by atoms with van der Waals surface area (Å²) in [5.41, 5.74) is 2.49. The lowest BCUT2D eigenvalue weighted by atomic mass is 10.1. The third kappa shape index (κ3) is 19.6. The predicted molar refractivity (Wildman–Crippen MR) is 175 cm³/mol. The van der Waals surface area contributed by atoms with Gasteiger partial charge in [-0.3, -0.25) is 19.2 Å². The van der Waals surface area contributed by atoms with E-state index in [-0.39, 0.29) is 37.6 Å². The van der Waals surface area contributed by atoms with Gasteiger partial charge in [-0.05, 0) is 51.3 Å². The van der Waals surface area contributed by atoms with Gasteiger partial charge in [0.2, 0.25) is 0 Å². The normalized spacial score (nSPS) is 14.0. The number of rotatable bonds is 24. The van der Waals surface area contributed by atoms with Gasteiger partial charge in [-0.2, -0.15) is 11.8 Å². The molecule has 0 radical (unpaired) electrons. The number of Topliss-reactive ketones (excluding diaryl/α,β-unsaturated/α-hetero) is 1. The third-order valence-corrected chi connectivity index (χ3v) is 7.96. The first-order valence-electron chi connectivity index (χ1n) is 15.9. The van der Waals surface area contributed by atoms with Gasteiger partial charge in [-0.1, -0.05) is 75.1 Å². The summed E-state index contributed by atoms with van der Waals surface area (Å²) in [7, 11) is 1.58. The second-order valence-corrected chi connectivity index (χ2v) is 12.5. The summed E-state index contributed by atoms with van der Waals surface area (Å²) in [6.45, 7) is 9.27. The van der Waals surface area contributed by atoms with Gasteiger partial charge in [-0.15, -0.1) is 0 Å². The smallest absolute Gasteiger partial charge is 0.309 e. The van der Waals surface area contributed by atoms with Gasteiger partial charge < -0.3 is 18.9 Å². The van der Waals surface area contributed by atoms with E-state index in [1.165, 1.54) is 18.1 Å². The van der Waals surface area contributed by atoms with Gasteiger partial charge in [0, 0.05) is 25.7 Å². The first kappa shape index (κ1) is 39.4. The molecule has 8 nitrogen and oxygen atoms in total. The number of hydrogen-bond donors (Lipinski definition) is 0. The van der Waals surface area contributed by atoms with Crippen LogP contribution in [0.15, 0.2) is 36.4 Å². The third-order valence-electron chi connectivity index (χ3n) is 6.89. The summed E-state index contributed by atoms with van der Waals surface area (Å²) in [6, 6.07) is 8.44. The van der Waals surface area contributed by atoms with Crippen molar-refractivity contribution in [2.75, 3.05) is 12.9 Å². The van der Waals surface area contributed by atoms with E-state index in [1.54, 1.807) is 25.8 Å². The highest BCUT2D eigenvalue weighted by molar-refractivity contribution is 7.98. The minimum Gasteiger partial charge on any atom is -0.462 e. The quantitative estimate of drug-likeness (QED) is 0.0495. The molecule has 1 aromatic rings. The Balaban J connectivity index is 2.51. The average Bonchev–Trinajstić information content (AvgIpc) is 2.95. The van der Waals surface area contributed by atoms with E-state index in [9.17, 15) is 19.2 Å². The number of benzene rings is 1. The van der Waals surface area contributed by atoms with Crippen LogP contribution < -0.4 is 0 Å². The lowest BCUT2D eigenvalue weighted by molar-refractivity contribution is -0.161. The minimum absolute atomic E-state index is 0.0574. The maximum absolute atomic E-state index is 12.7.